The fourth-order valence-corrected chi connectivity index (χ4v) is 2.38. The summed E-state index contributed by atoms with van der Waals surface area (Å²) in [6, 6.07) is 12.4. The van der Waals surface area contributed by atoms with Crippen molar-refractivity contribution in [1.82, 2.24) is 4.57 Å². The van der Waals surface area contributed by atoms with Crippen molar-refractivity contribution < 1.29 is 18.7 Å². The Balaban J connectivity index is 1.74. The van der Waals surface area contributed by atoms with Gasteiger partial charge in [-0.1, -0.05) is 30.3 Å². The van der Waals surface area contributed by atoms with Gasteiger partial charge in [-0.25, -0.2) is 9.59 Å². The molecule has 23 heavy (non-hydrogen) atoms. The van der Waals surface area contributed by atoms with Gasteiger partial charge in [-0.15, -0.1) is 0 Å². The number of hydrogen-bond donors (Lipinski definition) is 0. The van der Waals surface area contributed by atoms with Crippen molar-refractivity contribution in [1.29, 1.82) is 0 Å². The number of benzene rings is 2. The second kappa shape index (κ2) is 6.00. The van der Waals surface area contributed by atoms with Crippen molar-refractivity contribution in [3.8, 4) is 5.75 Å². The molecule has 0 aliphatic rings. The van der Waals surface area contributed by atoms with Gasteiger partial charge in [-0.2, -0.15) is 0 Å². The van der Waals surface area contributed by atoms with Gasteiger partial charge >= 0.3 is 11.9 Å². The molecule has 6 nitrogen and oxygen atoms in total. The summed E-state index contributed by atoms with van der Waals surface area (Å²) in [5, 5.41) is 0. The van der Waals surface area contributed by atoms with E-state index < -0.39 is 11.9 Å². The van der Waals surface area contributed by atoms with Gasteiger partial charge < -0.3 is 13.9 Å². The molecule has 0 spiro atoms. The lowest BCUT2D eigenvalue weighted by Gasteiger charge is -2.07. The highest BCUT2D eigenvalue weighted by atomic mass is 16.7. The van der Waals surface area contributed by atoms with Crippen molar-refractivity contribution in [3.63, 3.8) is 0 Å². The predicted octanol–water partition coefficient (Wildman–Crippen LogP) is 3.16. The molecule has 3 rings (SSSR count). The molecule has 0 radical (unpaired) electrons. The zero-order chi connectivity index (χ0) is 16.4. The van der Waals surface area contributed by atoms with Crippen LogP contribution in [-0.2, 0) is 18.4 Å². The van der Waals surface area contributed by atoms with Gasteiger partial charge in [0.05, 0.1) is 5.52 Å². The molecule has 0 saturated heterocycles. The van der Waals surface area contributed by atoms with Crippen molar-refractivity contribution in [2.75, 3.05) is 0 Å². The maximum Gasteiger partial charge on any atom is 0.514 e. The summed E-state index contributed by atoms with van der Waals surface area (Å²) in [6.45, 7) is 1.93. The molecule has 2 aromatic carbocycles. The minimum absolute atomic E-state index is 0.126. The minimum Gasteiger partial charge on any atom is -0.429 e. The van der Waals surface area contributed by atoms with Crippen molar-refractivity contribution >= 4 is 17.3 Å². The zero-order valence-electron chi connectivity index (χ0n) is 12.7. The molecule has 0 aliphatic carbocycles. The molecule has 0 N–H and O–H groups in total. The normalized spacial score (nSPS) is 10.7. The fourth-order valence-electron chi connectivity index (χ4n) is 2.38. The number of fused-ring (bicyclic) bond motifs is 1. The summed E-state index contributed by atoms with van der Waals surface area (Å²) in [6.07, 6.45) is -0.814. The lowest BCUT2D eigenvalue weighted by molar-refractivity contribution is 0.0928. The third-order valence-corrected chi connectivity index (χ3v) is 3.45. The van der Waals surface area contributed by atoms with Crippen LogP contribution in [0.2, 0.25) is 0 Å². The highest BCUT2D eigenvalue weighted by Gasteiger charge is 2.13. The first-order valence-corrected chi connectivity index (χ1v) is 7.03. The highest BCUT2D eigenvalue weighted by Crippen LogP contribution is 2.24. The van der Waals surface area contributed by atoms with Crippen LogP contribution >= 0.6 is 0 Å². The van der Waals surface area contributed by atoms with Crippen LogP contribution < -0.4 is 10.5 Å². The number of nitrogens with zero attached hydrogens (tertiary/aromatic N) is 1. The van der Waals surface area contributed by atoms with Crippen LogP contribution in [0.4, 0.5) is 4.79 Å². The van der Waals surface area contributed by atoms with Gasteiger partial charge in [0.25, 0.3) is 0 Å². The summed E-state index contributed by atoms with van der Waals surface area (Å²) in [4.78, 5) is 23.3. The monoisotopic (exact) mass is 313 g/mol. The van der Waals surface area contributed by atoms with Crippen molar-refractivity contribution in [2.24, 2.45) is 7.05 Å². The summed E-state index contributed by atoms with van der Waals surface area (Å²) in [5.41, 5.74) is 2.66. The van der Waals surface area contributed by atoms with E-state index in [-0.39, 0.29) is 12.4 Å². The molecule has 1 heterocycles. The number of aryl methyl sites for hydroxylation is 2. The SMILES string of the molecule is Cc1cc(OC(=O)OCc2ccccc2)cc2oc(=O)n(C)c12. The van der Waals surface area contributed by atoms with Crippen LogP contribution in [0.25, 0.3) is 11.1 Å². The van der Waals surface area contributed by atoms with E-state index in [1.54, 1.807) is 20.0 Å². The Labute approximate surface area is 131 Å². The Kier molecular flexibility index (Phi) is 3.89. The molecule has 3 aromatic rings. The lowest BCUT2D eigenvalue weighted by atomic mass is 10.2. The Hall–Kier alpha value is -3.02. The van der Waals surface area contributed by atoms with E-state index in [0.29, 0.717) is 11.1 Å². The first-order valence-electron chi connectivity index (χ1n) is 7.03. The molecule has 0 bridgehead atoms. The number of carbonyl (C=O) groups excluding carboxylic acids is 1. The van der Waals surface area contributed by atoms with Gasteiger partial charge in [0.1, 0.15) is 12.4 Å². The molecule has 118 valence electrons. The number of oxazole rings is 1. The number of carbonyl (C=O) groups is 1. The standard InChI is InChI=1S/C17H15NO5/c1-11-8-13(9-14-15(11)18(2)16(19)23-14)22-17(20)21-10-12-6-4-3-5-7-12/h3-9H,10H2,1-2H3. The Morgan fingerprint density at radius 1 is 1.22 bits per heavy atom. The van der Waals surface area contributed by atoms with Crippen LogP contribution in [0.3, 0.4) is 0 Å². The second-order valence-electron chi connectivity index (χ2n) is 5.14. The molecule has 0 unspecified atom stereocenters. The van der Waals surface area contributed by atoms with Gasteiger partial charge in [-0.05, 0) is 24.1 Å². The van der Waals surface area contributed by atoms with Gasteiger partial charge in [-0.3, -0.25) is 4.57 Å². The highest BCUT2D eigenvalue weighted by molar-refractivity contribution is 5.79. The smallest absolute Gasteiger partial charge is 0.429 e. The minimum atomic E-state index is -0.814. The third kappa shape index (κ3) is 3.11. The molecule has 0 amide bonds. The lowest BCUT2D eigenvalue weighted by Crippen LogP contribution is -2.11. The number of ether oxygens (including phenoxy) is 2. The zero-order valence-corrected chi connectivity index (χ0v) is 12.7. The maximum atomic E-state index is 11.8. The van der Waals surface area contributed by atoms with Crippen molar-refractivity contribution in [2.45, 2.75) is 13.5 Å². The van der Waals surface area contributed by atoms with Crippen LogP contribution in [0.15, 0.2) is 51.7 Å². The first kappa shape index (κ1) is 14.9. The molecule has 0 fully saturated rings. The summed E-state index contributed by atoms with van der Waals surface area (Å²) in [7, 11) is 1.62. The average molecular weight is 313 g/mol. The number of aromatic nitrogens is 1. The average Bonchev–Trinajstić information content (AvgIpc) is 2.81. The molecule has 0 atom stereocenters. The van der Waals surface area contributed by atoms with Crippen LogP contribution in [0.1, 0.15) is 11.1 Å². The molecule has 0 saturated carbocycles. The Morgan fingerprint density at radius 3 is 2.70 bits per heavy atom. The number of rotatable bonds is 3. The Bertz CT molecular complexity index is 908. The van der Waals surface area contributed by atoms with E-state index in [1.807, 2.05) is 30.3 Å². The van der Waals surface area contributed by atoms with Crippen LogP contribution in [-0.4, -0.2) is 10.7 Å². The quantitative estimate of drug-likeness (QED) is 0.548. The fraction of sp³-hybridized carbons (Fsp3) is 0.176. The number of hydrogen-bond acceptors (Lipinski definition) is 5. The van der Waals surface area contributed by atoms with E-state index in [2.05, 4.69) is 0 Å². The third-order valence-electron chi connectivity index (χ3n) is 3.45. The summed E-state index contributed by atoms with van der Waals surface area (Å²) >= 11 is 0. The maximum absolute atomic E-state index is 11.8. The van der Waals surface area contributed by atoms with E-state index in [0.717, 1.165) is 11.1 Å². The van der Waals surface area contributed by atoms with Crippen molar-refractivity contribution in [3.05, 3.63) is 64.1 Å². The first-order chi connectivity index (χ1) is 11.0. The Morgan fingerprint density at radius 2 is 1.96 bits per heavy atom. The molecular formula is C17H15NO5. The van der Waals surface area contributed by atoms with Gasteiger partial charge in [0.2, 0.25) is 0 Å². The summed E-state index contributed by atoms with van der Waals surface area (Å²) in [5.74, 6) is -0.200. The van der Waals surface area contributed by atoms with E-state index in [4.69, 9.17) is 13.9 Å². The molecule has 1 aromatic heterocycles. The molecule has 0 aliphatic heterocycles. The van der Waals surface area contributed by atoms with Gasteiger partial charge in [0, 0.05) is 13.1 Å². The predicted molar refractivity (Wildman–Crippen MR) is 83.4 cm³/mol. The molecular weight excluding hydrogens is 298 g/mol. The van der Waals surface area contributed by atoms with Crippen LogP contribution in [0.5, 0.6) is 5.75 Å². The van der Waals surface area contributed by atoms with E-state index in [9.17, 15) is 9.59 Å². The topological polar surface area (TPSA) is 70.7 Å². The largest absolute Gasteiger partial charge is 0.514 e. The van der Waals surface area contributed by atoms with Crippen LogP contribution in [0, 0.1) is 6.92 Å². The molecule has 6 heteroatoms. The second-order valence-corrected chi connectivity index (χ2v) is 5.14. The van der Waals surface area contributed by atoms with Gasteiger partial charge in [0.15, 0.2) is 5.58 Å². The summed E-state index contributed by atoms with van der Waals surface area (Å²) < 4.78 is 16.7. The van der Waals surface area contributed by atoms with E-state index >= 15 is 0 Å². The van der Waals surface area contributed by atoms with E-state index in [1.165, 1.54) is 10.6 Å².